The molecule has 4 rings (SSSR count). The molecule has 6 nitrogen and oxygen atoms in total. The van der Waals surface area contributed by atoms with Gasteiger partial charge in [-0.25, -0.2) is 4.39 Å². The third-order valence-corrected chi connectivity index (χ3v) is 6.91. The van der Waals surface area contributed by atoms with Crippen LogP contribution in [0.1, 0.15) is 16.7 Å². The summed E-state index contributed by atoms with van der Waals surface area (Å²) in [5.41, 5.74) is -0.658. The summed E-state index contributed by atoms with van der Waals surface area (Å²) in [5, 5.41) is 19.1. The summed E-state index contributed by atoms with van der Waals surface area (Å²) in [6.07, 6.45) is -3.13. The SMILES string of the molecule is CN1N=C(SCc2ccc(C(F)(F)F)cc2C#N)Sc2c1cnn(-c1ccccc1F)c2=O. The van der Waals surface area contributed by atoms with Gasteiger partial charge in [-0.05, 0) is 29.8 Å². The lowest BCUT2D eigenvalue weighted by Gasteiger charge is -2.23. The molecule has 0 saturated heterocycles. The Balaban J connectivity index is 1.59. The fraction of sp³-hybridized carbons (Fsp3) is 0.143. The van der Waals surface area contributed by atoms with Crippen LogP contribution in [0.4, 0.5) is 23.2 Å². The van der Waals surface area contributed by atoms with Crippen LogP contribution >= 0.6 is 23.5 Å². The molecule has 0 unspecified atom stereocenters. The maximum Gasteiger partial charge on any atom is 0.416 e. The van der Waals surface area contributed by atoms with Crippen molar-refractivity contribution in [2.24, 2.45) is 5.10 Å². The van der Waals surface area contributed by atoms with E-state index >= 15 is 0 Å². The molecular weight excluding hydrogens is 478 g/mol. The fourth-order valence-corrected chi connectivity index (χ4v) is 5.19. The Morgan fingerprint density at radius 2 is 1.94 bits per heavy atom. The van der Waals surface area contributed by atoms with E-state index in [1.807, 2.05) is 0 Å². The Morgan fingerprint density at radius 3 is 2.64 bits per heavy atom. The number of halogens is 4. The molecule has 0 N–H and O–H groups in total. The van der Waals surface area contributed by atoms with E-state index in [-0.39, 0.29) is 21.9 Å². The number of hydrazone groups is 1. The molecule has 0 amide bonds. The van der Waals surface area contributed by atoms with Gasteiger partial charge in [-0.2, -0.15) is 33.3 Å². The van der Waals surface area contributed by atoms with Crippen molar-refractivity contribution in [3.8, 4) is 11.8 Å². The van der Waals surface area contributed by atoms with Gasteiger partial charge in [0.2, 0.25) is 0 Å². The first-order valence-corrected chi connectivity index (χ1v) is 11.1. The molecule has 1 aliphatic rings. The fourth-order valence-electron chi connectivity index (χ4n) is 3.02. The molecule has 0 fully saturated rings. The number of nitriles is 1. The van der Waals surface area contributed by atoms with E-state index in [9.17, 15) is 27.6 Å². The molecule has 12 heteroatoms. The second-order valence-electron chi connectivity index (χ2n) is 6.79. The normalized spacial score (nSPS) is 13.3. The van der Waals surface area contributed by atoms with E-state index in [1.54, 1.807) is 19.2 Å². The summed E-state index contributed by atoms with van der Waals surface area (Å²) >= 11 is 2.23. The molecule has 3 aromatic rings. The number of alkyl halides is 3. The van der Waals surface area contributed by atoms with Crippen LogP contribution < -0.4 is 10.6 Å². The van der Waals surface area contributed by atoms with Crippen LogP contribution in [-0.2, 0) is 11.9 Å². The minimum atomic E-state index is -4.54. The van der Waals surface area contributed by atoms with Crippen molar-refractivity contribution in [3.63, 3.8) is 0 Å². The van der Waals surface area contributed by atoms with Gasteiger partial charge in [0.1, 0.15) is 16.4 Å². The molecule has 2 heterocycles. The maximum atomic E-state index is 14.2. The molecule has 1 aliphatic heterocycles. The van der Waals surface area contributed by atoms with Crippen LogP contribution in [0.15, 0.2) is 63.5 Å². The monoisotopic (exact) mass is 491 g/mol. The van der Waals surface area contributed by atoms with Gasteiger partial charge in [0, 0.05) is 12.8 Å². The number of hydrogen-bond acceptors (Lipinski definition) is 7. The van der Waals surface area contributed by atoms with Gasteiger partial charge in [-0.15, -0.1) is 0 Å². The van der Waals surface area contributed by atoms with E-state index in [0.29, 0.717) is 15.6 Å². The van der Waals surface area contributed by atoms with E-state index < -0.39 is 23.1 Å². The summed E-state index contributed by atoms with van der Waals surface area (Å²) in [7, 11) is 1.62. The number of benzene rings is 2. The number of fused-ring (bicyclic) bond motifs is 1. The van der Waals surface area contributed by atoms with Gasteiger partial charge in [0.15, 0.2) is 4.38 Å². The molecule has 2 aromatic carbocycles. The zero-order valence-electron chi connectivity index (χ0n) is 16.8. The zero-order chi connectivity index (χ0) is 23.8. The van der Waals surface area contributed by atoms with Crippen LogP contribution in [0.25, 0.3) is 5.69 Å². The van der Waals surface area contributed by atoms with Crippen LogP contribution in [0, 0.1) is 17.1 Å². The number of anilines is 1. The van der Waals surface area contributed by atoms with Crippen molar-refractivity contribution in [1.82, 2.24) is 9.78 Å². The standard InChI is InChI=1S/C21H13F4N5OS2/c1-29-17-10-27-30(16-5-3-2-4-15(16)22)19(31)18(17)33-20(28-29)32-11-12-6-7-14(21(23,24)25)8-13(12)9-26/h2-8,10H,11H2,1H3. The van der Waals surface area contributed by atoms with Gasteiger partial charge in [0.25, 0.3) is 5.56 Å². The molecular formula is C21H13F4N5OS2. The molecule has 0 atom stereocenters. The number of para-hydroxylation sites is 1. The van der Waals surface area contributed by atoms with E-state index in [4.69, 9.17) is 0 Å². The van der Waals surface area contributed by atoms with Gasteiger partial charge >= 0.3 is 6.18 Å². The lowest BCUT2D eigenvalue weighted by molar-refractivity contribution is -0.137. The summed E-state index contributed by atoms with van der Waals surface area (Å²) in [6, 6.07) is 10.5. The number of thioether (sulfide) groups is 2. The molecule has 0 bridgehead atoms. The second-order valence-corrected chi connectivity index (χ2v) is 9.01. The molecule has 0 saturated carbocycles. The Hall–Kier alpha value is -3.30. The number of hydrogen-bond donors (Lipinski definition) is 0. The van der Waals surface area contributed by atoms with Gasteiger partial charge < -0.3 is 0 Å². The van der Waals surface area contributed by atoms with E-state index in [0.717, 1.165) is 28.6 Å². The Kier molecular flexibility index (Phi) is 6.18. The van der Waals surface area contributed by atoms with Gasteiger partial charge in [0.05, 0.1) is 29.1 Å². The van der Waals surface area contributed by atoms with Crippen molar-refractivity contribution in [3.05, 3.63) is 81.5 Å². The number of aromatic nitrogens is 2. The second kappa shape index (κ2) is 8.92. The average Bonchev–Trinajstić information content (AvgIpc) is 2.78. The van der Waals surface area contributed by atoms with Crippen LogP contribution in [0.3, 0.4) is 0 Å². The minimum Gasteiger partial charge on any atom is -0.266 e. The third kappa shape index (κ3) is 4.60. The minimum absolute atomic E-state index is 0.00804. The van der Waals surface area contributed by atoms with Gasteiger partial charge in [-0.3, -0.25) is 9.80 Å². The van der Waals surface area contributed by atoms with Crippen molar-refractivity contribution in [1.29, 1.82) is 5.26 Å². The summed E-state index contributed by atoms with van der Waals surface area (Å²) in [5.74, 6) is -0.432. The molecule has 33 heavy (non-hydrogen) atoms. The predicted octanol–water partition coefficient (Wildman–Crippen LogP) is 5.01. The first-order valence-electron chi connectivity index (χ1n) is 9.29. The highest BCUT2D eigenvalue weighted by atomic mass is 32.2. The molecule has 168 valence electrons. The summed E-state index contributed by atoms with van der Waals surface area (Å²) < 4.78 is 54.3. The first-order chi connectivity index (χ1) is 15.7. The van der Waals surface area contributed by atoms with Crippen molar-refractivity contribution in [2.45, 2.75) is 16.8 Å². The molecule has 0 aliphatic carbocycles. The lowest BCUT2D eigenvalue weighted by atomic mass is 10.1. The predicted molar refractivity (Wildman–Crippen MR) is 119 cm³/mol. The molecule has 1 aromatic heterocycles. The largest absolute Gasteiger partial charge is 0.416 e. The van der Waals surface area contributed by atoms with Crippen molar-refractivity contribution < 1.29 is 17.6 Å². The van der Waals surface area contributed by atoms with E-state index in [2.05, 4.69) is 10.2 Å². The van der Waals surface area contributed by atoms with Crippen LogP contribution in [-0.4, -0.2) is 21.2 Å². The summed E-state index contributed by atoms with van der Waals surface area (Å²) in [4.78, 5) is 13.3. The first kappa shape index (κ1) is 22.9. The lowest BCUT2D eigenvalue weighted by Crippen LogP contribution is -2.28. The third-order valence-electron chi connectivity index (χ3n) is 4.67. The van der Waals surface area contributed by atoms with Gasteiger partial charge in [-0.1, -0.05) is 41.7 Å². The highest BCUT2D eigenvalue weighted by molar-refractivity contribution is 8.38. The van der Waals surface area contributed by atoms with E-state index in [1.165, 1.54) is 47.2 Å². The highest BCUT2D eigenvalue weighted by Gasteiger charge is 2.31. The number of nitrogens with zero attached hydrogens (tertiary/aromatic N) is 5. The van der Waals surface area contributed by atoms with Crippen molar-refractivity contribution >= 4 is 33.6 Å². The Labute approximate surface area is 193 Å². The zero-order valence-corrected chi connectivity index (χ0v) is 18.4. The average molecular weight is 491 g/mol. The summed E-state index contributed by atoms with van der Waals surface area (Å²) in [6.45, 7) is 0. The quantitative estimate of drug-likeness (QED) is 0.480. The highest BCUT2D eigenvalue weighted by Crippen LogP contribution is 2.37. The van der Waals surface area contributed by atoms with Crippen LogP contribution in [0.5, 0.6) is 0 Å². The Bertz CT molecular complexity index is 1360. The maximum absolute atomic E-state index is 14.2. The Morgan fingerprint density at radius 1 is 1.18 bits per heavy atom. The van der Waals surface area contributed by atoms with Crippen LogP contribution in [0.2, 0.25) is 0 Å². The number of rotatable bonds is 3. The smallest absolute Gasteiger partial charge is 0.266 e. The van der Waals surface area contributed by atoms with Crippen molar-refractivity contribution in [2.75, 3.05) is 12.1 Å². The topological polar surface area (TPSA) is 74.3 Å². The molecule has 0 radical (unpaired) electrons. The molecule has 0 spiro atoms.